The molecule has 1 aromatic carbocycles. The number of carboxylic acid groups (broad SMARTS) is 1. The summed E-state index contributed by atoms with van der Waals surface area (Å²) in [7, 11) is 0. The van der Waals surface area contributed by atoms with Gasteiger partial charge in [-0.1, -0.05) is 23.8 Å². The standard InChI is InChI=1S/C13H15N3O4/c17-13(18)15-9-10(16-6-7-19-14-16)8-12(15)20-11-4-2-1-3-5-11/h1-7,10,12,14H,8-9H2,(H,17,18). The van der Waals surface area contributed by atoms with Crippen LogP contribution in [-0.2, 0) is 4.84 Å². The zero-order valence-electron chi connectivity index (χ0n) is 10.7. The number of nitrogens with zero attached hydrogens (tertiary/aromatic N) is 2. The smallest absolute Gasteiger partial charge is 0.410 e. The maximum Gasteiger partial charge on any atom is 0.410 e. The van der Waals surface area contributed by atoms with Crippen molar-refractivity contribution in [1.82, 2.24) is 15.5 Å². The molecule has 2 aliphatic heterocycles. The summed E-state index contributed by atoms with van der Waals surface area (Å²) < 4.78 is 5.76. The SMILES string of the molecule is O=C(O)N1CC(N2C=CON2)CC1Oc1ccccc1. The summed E-state index contributed by atoms with van der Waals surface area (Å²) in [6.45, 7) is 0.355. The minimum Gasteiger partial charge on any atom is -0.470 e. The fourth-order valence-corrected chi connectivity index (χ4v) is 2.36. The topological polar surface area (TPSA) is 74.3 Å². The number of rotatable bonds is 3. The van der Waals surface area contributed by atoms with Gasteiger partial charge in [0, 0.05) is 13.0 Å². The second-order valence-electron chi connectivity index (χ2n) is 4.61. The summed E-state index contributed by atoms with van der Waals surface area (Å²) in [5, 5.41) is 11.0. The molecule has 0 aromatic heterocycles. The van der Waals surface area contributed by atoms with Crippen molar-refractivity contribution in [2.24, 2.45) is 0 Å². The molecule has 1 aromatic rings. The van der Waals surface area contributed by atoms with Crippen LogP contribution in [-0.4, -0.2) is 39.9 Å². The summed E-state index contributed by atoms with van der Waals surface area (Å²) in [5.74, 6) is 0.658. The average Bonchev–Trinajstić information content (AvgIpc) is 3.08. The number of hydrogen-bond donors (Lipinski definition) is 2. The highest BCUT2D eigenvalue weighted by Crippen LogP contribution is 2.25. The Balaban J connectivity index is 1.71. The first kappa shape index (κ1) is 12.6. The van der Waals surface area contributed by atoms with Crippen LogP contribution >= 0.6 is 0 Å². The average molecular weight is 277 g/mol. The van der Waals surface area contributed by atoms with E-state index in [1.807, 2.05) is 30.3 Å². The second-order valence-corrected chi connectivity index (χ2v) is 4.61. The molecule has 1 saturated heterocycles. The van der Waals surface area contributed by atoms with Crippen LogP contribution in [0.25, 0.3) is 0 Å². The van der Waals surface area contributed by atoms with Crippen LogP contribution in [0.2, 0.25) is 0 Å². The van der Waals surface area contributed by atoms with Gasteiger partial charge in [0.2, 0.25) is 0 Å². The Kier molecular flexibility index (Phi) is 3.34. The first-order chi connectivity index (χ1) is 9.74. The van der Waals surface area contributed by atoms with Gasteiger partial charge in [-0.15, -0.1) is 0 Å². The lowest BCUT2D eigenvalue weighted by Gasteiger charge is -2.22. The summed E-state index contributed by atoms with van der Waals surface area (Å²) >= 11 is 0. The molecular weight excluding hydrogens is 262 g/mol. The van der Waals surface area contributed by atoms with E-state index < -0.39 is 12.3 Å². The molecule has 1 amide bonds. The Labute approximate surface area is 115 Å². The van der Waals surface area contributed by atoms with Crippen LogP contribution in [0.3, 0.4) is 0 Å². The first-order valence-electron chi connectivity index (χ1n) is 6.31. The molecule has 0 aliphatic carbocycles. The highest BCUT2D eigenvalue weighted by molar-refractivity contribution is 5.65. The van der Waals surface area contributed by atoms with E-state index in [4.69, 9.17) is 9.57 Å². The van der Waals surface area contributed by atoms with Crippen molar-refractivity contribution in [3.8, 4) is 5.75 Å². The fraction of sp³-hybridized carbons (Fsp3) is 0.308. The minimum atomic E-state index is -0.988. The predicted molar refractivity (Wildman–Crippen MR) is 69.2 cm³/mol. The molecular formula is C13H15N3O4. The molecule has 2 unspecified atom stereocenters. The van der Waals surface area contributed by atoms with Crippen LogP contribution in [0.4, 0.5) is 4.79 Å². The fourth-order valence-electron chi connectivity index (χ4n) is 2.36. The first-order valence-corrected chi connectivity index (χ1v) is 6.31. The van der Waals surface area contributed by atoms with Crippen molar-refractivity contribution in [1.29, 1.82) is 0 Å². The van der Waals surface area contributed by atoms with Crippen LogP contribution in [0.5, 0.6) is 5.75 Å². The van der Waals surface area contributed by atoms with Crippen molar-refractivity contribution >= 4 is 6.09 Å². The molecule has 0 radical (unpaired) electrons. The van der Waals surface area contributed by atoms with E-state index in [0.717, 1.165) is 0 Å². The number of amides is 1. The zero-order chi connectivity index (χ0) is 13.9. The normalized spacial score (nSPS) is 24.8. The number of hydrazine groups is 1. The van der Waals surface area contributed by atoms with Crippen LogP contribution in [0.1, 0.15) is 6.42 Å². The van der Waals surface area contributed by atoms with Gasteiger partial charge in [-0.2, -0.15) is 0 Å². The van der Waals surface area contributed by atoms with Gasteiger partial charge in [-0.25, -0.2) is 4.79 Å². The van der Waals surface area contributed by atoms with Gasteiger partial charge in [-0.3, -0.25) is 9.91 Å². The lowest BCUT2D eigenvalue weighted by atomic mass is 10.2. The molecule has 2 atom stereocenters. The molecule has 1 fully saturated rings. The van der Waals surface area contributed by atoms with Crippen molar-refractivity contribution < 1.29 is 19.5 Å². The van der Waals surface area contributed by atoms with E-state index >= 15 is 0 Å². The van der Waals surface area contributed by atoms with Gasteiger partial charge >= 0.3 is 6.09 Å². The number of nitrogens with one attached hydrogen (secondary N) is 1. The minimum absolute atomic E-state index is 0.0291. The highest BCUT2D eigenvalue weighted by Gasteiger charge is 2.40. The molecule has 0 saturated carbocycles. The van der Waals surface area contributed by atoms with Crippen molar-refractivity contribution in [2.75, 3.05) is 6.54 Å². The Hall–Kier alpha value is -2.41. The molecule has 3 rings (SSSR count). The predicted octanol–water partition coefficient (Wildman–Crippen LogP) is 1.37. The molecule has 2 aliphatic rings. The van der Waals surface area contributed by atoms with Gasteiger partial charge in [0.05, 0.1) is 12.2 Å². The van der Waals surface area contributed by atoms with Crippen molar-refractivity contribution in [3.63, 3.8) is 0 Å². The van der Waals surface area contributed by atoms with Gasteiger partial charge < -0.3 is 14.7 Å². The second kappa shape index (κ2) is 5.30. The highest BCUT2D eigenvalue weighted by atomic mass is 16.7. The Morgan fingerprint density at radius 3 is 2.85 bits per heavy atom. The van der Waals surface area contributed by atoms with E-state index in [0.29, 0.717) is 18.7 Å². The maximum atomic E-state index is 11.3. The van der Waals surface area contributed by atoms with Gasteiger partial charge in [0.15, 0.2) is 6.23 Å². The third-order valence-corrected chi connectivity index (χ3v) is 3.33. The molecule has 2 N–H and O–H groups in total. The number of carbonyl (C=O) groups is 1. The van der Waals surface area contributed by atoms with E-state index in [1.165, 1.54) is 11.2 Å². The van der Waals surface area contributed by atoms with Crippen LogP contribution in [0.15, 0.2) is 42.8 Å². The van der Waals surface area contributed by atoms with E-state index in [9.17, 15) is 9.90 Å². The van der Waals surface area contributed by atoms with E-state index in [1.54, 1.807) is 11.2 Å². The summed E-state index contributed by atoms with van der Waals surface area (Å²) in [6, 6.07) is 9.18. The lowest BCUT2D eigenvalue weighted by molar-refractivity contribution is 0.0119. The molecule has 2 heterocycles. The van der Waals surface area contributed by atoms with Crippen molar-refractivity contribution in [2.45, 2.75) is 18.7 Å². The van der Waals surface area contributed by atoms with Gasteiger partial charge in [-0.05, 0) is 12.1 Å². The Bertz CT molecular complexity index is 508. The number of likely N-dealkylation sites (tertiary alicyclic amines) is 1. The molecule has 7 nitrogen and oxygen atoms in total. The molecule has 0 bridgehead atoms. The van der Waals surface area contributed by atoms with Gasteiger partial charge in [0.1, 0.15) is 12.0 Å². The molecule has 7 heteroatoms. The van der Waals surface area contributed by atoms with Crippen LogP contribution in [0, 0.1) is 0 Å². The lowest BCUT2D eigenvalue weighted by Crippen LogP contribution is -2.41. The molecule has 0 spiro atoms. The van der Waals surface area contributed by atoms with Crippen molar-refractivity contribution in [3.05, 3.63) is 42.8 Å². The quantitative estimate of drug-likeness (QED) is 0.869. The largest absolute Gasteiger partial charge is 0.470 e. The van der Waals surface area contributed by atoms with Gasteiger partial charge in [0.25, 0.3) is 0 Å². The number of ether oxygens (including phenoxy) is 1. The van der Waals surface area contributed by atoms with E-state index in [-0.39, 0.29) is 6.04 Å². The van der Waals surface area contributed by atoms with Crippen LogP contribution < -0.4 is 10.3 Å². The monoisotopic (exact) mass is 277 g/mol. The molecule has 106 valence electrons. The number of para-hydroxylation sites is 1. The van der Waals surface area contributed by atoms with E-state index in [2.05, 4.69) is 5.59 Å². The zero-order valence-corrected chi connectivity index (χ0v) is 10.7. The molecule has 20 heavy (non-hydrogen) atoms. The number of benzene rings is 1. The third kappa shape index (κ3) is 2.48. The third-order valence-electron chi connectivity index (χ3n) is 3.33. The Morgan fingerprint density at radius 2 is 2.20 bits per heavy atom. The summed E-state index contributed by atoms with van der Waals surface area (Å²) in [4.78, 5) is 17.5. The summed E-state index contributed by atoms with van der Waals surface area (Å²) in [6.07, 6.45) is 2.31. The maximum absolute atomic E-state index is 11.3. The Morgan fingerprint density at radius 1 is 1.40 bits per heavy atom. The number of hydrogen-bond acceptors (Lipinski definition) is 5. The summed E-state index contributed by atoms with van der Waals surface area (Å²) in [5.41, 5.74) is 2.69.